The van der Waals surface area contributed by atoms with E-state index in [1.165, 1.54) is 0 Å². The lowest BCUT2D eigenvalue weighted by Crippen LogP contribution is -2.42. The maximum Gasteiger partial charge on any atom is 0.308 e. The van der Waals surface area contributed by atoms with Crippen molar-refractivity contribution in [2.45, 2.75) is 46.0 Å². The highest BCUT2D eigenvalue weighted by atomic mass is 16.4. The monoisotopic (exact) mass is 284 g/mol. The standard InChI is InChI=1S/C15H28N2O3/c1-10(2)7-12(15(19)20)9-17-14(18)13-6-4-3-5-11(13)8-16/h10-13H,3-9,16H2,1-2H3,(H,17,18)(H,19,20). The second-order valence-electron chi connectivity index (χ2n) is 6.30. The molecule has 1 amide bonds. The topological polar surface area (TPSA) is 92.4 Å². The summed E-state index contributed by atoms with van der Waals surface area (Å²) in [5.74, 6) is -0.842. The van der Waals surface area contributed by atoms with Crippen LogP contribution < -0.4 is 11.1 Å². The van der Waals surface area contributed by atoms with Crippen LogP contribution in [-0.2, 0) is 9.59 Å². The molecule has 0 aromatic heterocycles. The van der Waals surface area contributed by atoms with Crippen LogP contribution in [0.5, 0.6) is 0 Å². The second kappa shape index (κ2) is 8.25. The van der Waals surface area contributed by atoms with E-state index in [4.69, 9.17) is 5.73 Å². The molecule has 1 saturated carbocycles. The highest BCUT2D eigenvalue weighted by Gasteiger charge is 2.30. The number of rotatable bonds is 7. The van der Waals surface area contributed by atoms with Gasteiger partial charge >= 0.3 is 5.97 Å². The van der Waals surface area contributed by atoms with E-state index in [-0.39, 0.29) is 24.3 Å². The van der Waals surface area contributed by atoms with Gasteiger partial charge in [0.05, 0.1) is 5.92 Å². The van der Waals surface area contributed by atoms with Gasteiger partial charge in [-0.3, -0.25) is 9.59 Å². The van der Waals surface area contributed by atoms with Crippen molar-refractivity contribution in [3.63, 3.8) is 0 Å². The zero-order valence-corrected chi connectivity index (χ0v) is 12.6. The van der Waals surface area contributed by atoms with Crippen LogP contribution >= 0.6 is 0 Å². The molecule has 1 rings (SSSR count). The van der Waals surface area contributed by atoms with E-state index in [1.54, 1.807) is 0 Å². The first-order valence-electron chi connectivity index (χ1n) is 7.66. The summed E-state index contributed by atoms with van der Waals surface area (Å²) in [4.78, 5) is 23.4. The number of nitrogens with one attached hydrogen (secondary N) is 1. The minimum atomic E-state index is -0.835. The number of nitrogens with two attached hydrogens (primary N) is 1. The Labute approximate surface area is 121 Å². The number of aliphatic carboxylic acids is 1. The number of hydrogen-bond acceptors (Lipinski definition) is 3. The summed E-state index contributed by atoms with van der Waals surface area (Å²) in [6, 6.07) is 0. The van der Waals surface area contributed by atoms with Crippen molar-refractivity contribution in [2.24, 2.45) is 29.4 Å². The maximum atomic E-state index is 12.2. The van der Waals surface area contributed by atoms with E-state index >= 15 is 0 Å². The Kier molecular flexibility index (Phi) is 6.99. The average Bonchev–Trinajstić information content (AvgIpc) is 2.42. The number of carbonyl (C=O) groups is 2. The molecule has 0 aromatic rings. The Morgan fingerprint density at radius 1 is 1.30 bits per heavy atom. The Bertz CT molecular complexity index is 331. The fourth-order valence-corrected chi connectivity index (χ4v) is 3.03. The van der Waals surface area contributed by atoms with Crippen LogP contribution in [0.25, 0.3) is 0 Å². The summed E-state index contributed by atoms with van der Waals surface area (Å²) >= 11 is 0. The van der Waals surface area contributed by atoms with Crippen LogP contribution in [0.1, 0.15) is 46.0 Å². The van der Waals surface area contributed by atoms with Crippen molar-refractivity contribution in [3.8, 4) is 0 Å². The smallest absolute Gasteiger partial charge is 0.308 e. The van der Waals surface area contributed by atoms with Gasteiger partial charge < -0.3 is 16.2 Å². The highest BCUT2D eigenvalue weighted by molar-refractivity contribution is 5.80. The molecule has 0 radical (unpaired) electrons. The molecule has 3 unspecified atom stereocenters. The Balaban J connectivity index is 2.49. The molecule has 4 N–H and O–H groups in total. The van der Waals surface area contributed by atoms with Gasteiger partial charge in [0.15, 0.2) is 0 Å². The first-order valence-corrected chi connectivity index (χ1v) is 7.66. The molecule has 20 heavy (non-hydrogen) atoms. The quantitative estimate of drug-likeness (QED) is 0.662. The molecule has 1 aliphatic rings. The third-order valence-electron chi connectivity index (χ3n) is 4.18. The molecule has 116 valence electrons. The van der Waals surface area contributed by atoms with E-state index in [2.05, 4.69) is 5.32 Å². The molecule has 0 bridgehead atoms. The van der Waals surface area contributed by atoms with Crippen LogP contribution in [0.3, 0.4) is 0 Å². The average molecular weight is 284 g/mol. The predicted molar refractivity (Wildman–Crippen MR) is 78.1 cm³/mol. The van der Waals surface area contributed by atoms with E-state index in [0.29, 0.717) is 18.9 Å². The minimum Gasteiger partial charge on any atom is -0.481 e. The largest absolute Gasteiger partial charge is 0.481 e. The molecule has 0 saturated heterocycles. The molecule has 1 aliphatic carbocycles. The molecular weight excluding hydrogens is 256 g/mol. The molecule has 3 atom stereocenters. The van der Waals surface area contributed by atoms with Crippen molar-refractivity contribution >= 4 is 11.9 Å². The van der Waals surface area contributed by atoms with Gasteiger partial charge in [0.1, 0.15) is 0 Å². The SMILES string of the molecule is CC(C)CC(CNC(=O)C1CCCCC1CN)C(=O)O. The van der Waals surface area contributed by atoms with Gasteiger partial charge in [-0.1, -0.05) is 26.7 Å². The minimum absolute atomic E-state index is 0.0184. The predicted octanol–water partition coefficient (Wildman–Crippen LogP) is 1.61. The van der Waals surface area contributed by atoms with Crippen LogP contribution in [0, 0.1) is 23.7 Å². The molecular formula is C15H28N2O3. The third-order valence-corrected chi connectivity index (χ3v) is 4.18. The number of hydrogen-bond donors (Lipinski definition) is 3. The number of carboxylic acids is 1. The maximum absolute atomic E-state index is 12.2. The fourth-order valence-electron chi connectivity index (χ4n) is 3.03. The van der Waals surface area contributed by atoms with Crippen molar-refractivity contribution in [3.05, 3.63) is 0 Å². The number of carbonyl (C=O) groups excluding carboxylic acids is 1. The third kappa shape index (κ3) is 5.12. The number of carboxylic acid groups (broad SMARTS) is 1. The van der Waals surface area contributed by atoms with Gasteiger partial charge in [-0.15, -0.1) is 0 Å². The summed E-state index contributed by atoms with van der Waals surface area (Å²) in [5.41, 5.74) is 5.73. The van der Waals surface area contributed by atoms with Crippen LogP contribution in [-0.4, -0.2) is 30.1 Å². The summed E-state index contributed by atoms with van der Waals surface area (Å²) < 4.78 is 0. The van der Waals surface area contributed by atoms with E-state index in [9.17, 15) is 14.7 Å². The Hall–Kier alpha value is -1.10. The van der Waals surface area contributed by atoms with Crippen molar-refractivity contribution < 1.29 is 14.7 Å². The van der Waals surface area contributed by atoms with Crippen molar-refractivity contribution in [1.82, 2.24) is 5.32 Å². The van der Waals surface area contributed by atoms with Crippen molar-refractivity contribution in [1.29, 1.82) is 0 Å². The molecule has 5 heteroatoms. The van der Waals surface area contributed by atoms with Gasteiger partial charge in [-0.25, -0.2) is 0 Å². The Morgan fingerprint density at radius 2 is 1.95 bits per heavy atom. The summed E-state index contributed by atoms with van der Waals surface area (Å²) in [5, 5.41) is 12.0. The molecule has 1 fully saturated rings. The van der Waals surface area contributed by atoms with Crippen molar-refractivity contribution in [2.75, 3.05) is 13.1 Å². The molecule has 0 aromatic carbocycles. The lowest BCUT2D eigenvalue weighted by molar-refractivity contribution is -0.142. The van der Waals surface area contributed by atoms with Gasteiger partial charge in [0.25, 0.3) is 0 Å². The summed E-state index contributed by atoms with van der Waals surface area (Å²) in [6.07, 6.45) is 4.65. The first-order chi connectivity index (χ1) is 9.45. The number of amides is 1. The van der Waals surface area contributed by atoms with Gasteiger partial charge in [-0.2, -0.15) is 0 Å². The zero-order chi connectivity index (χ0) is 15.1. The van der Waals surface area contributed by atoms with E-state index in [0.717, 1.165) is 25.7 Å². The molecule has 0 heterocycles. The fraction of sp³-hybridized carbons (Fsp3) is 0.867. The van der Waals surface area contributed by atoms with Crippen LogP contribution in [0.2, 0.25) is 0 Å². The lowest BCUT2D eigenvalue weighted by Gasteiger charge is -2.30. The molecule has 5 nitrogen and oxygen atoms in total. The first kappa shape index (κ1) is 17.0. The van der Waals surface area contributed by atoms with Gasteiger partial charge in [0, 0.05) is 12.5 Å². The van der Waals surface area contributed by atoms with E-state index in [1.807, 2.05) is 13.8 Å². The molecule has 0 aliphatic heterocycles. The second-order valence-corrected chi connectivity index (χ2v) is 6.30. The normalized spacial score (nSPS) is 24.4. The van der Waals surface area contributed by atoms with Crippen LogP contribution in [0.15, 0.2) is 0 Å². The lowest BCUT2D eigenvalue weighted by atomic mass is 9.78. The van der Waals surface area contributed by atoms with E-state index < -0.39 is 11.9 Å². The van der Waals surface area contributed by atoms with Gasteiger partial charge in [-0.05, 0) is 37.6 Å². The summed E-state index contributed by atoms with van der Waals surface area (Å²) in [7, 11) is 0. The van der Waals surface area contributed by atoms with Crippen LogP contribution in [0.4, 0.5) is 0 Å². The highest BCUT2D eigenvalue weighted by Crippen LogP contribution is 2.29. The Morgan fingerprint density at radius 3 is 2.50 bits per heavy atom. The summed E-state index contributed by atoms with van der Waals surface area (Å²) in [6.45, 7) is 4.74. The molecule has 0 spiro atoms. The van der Waals surface area contributed by atoms with Gasteiger partial charge in [0.2, 0.25) is 5.91 Å². The zero-order valence-electron chi connectivity index (χ0n) is 12.6.